The third-order valence-corrected chi connectivity index (χ3v) is 1.91. The number of carbonyl (C=O) groups excluding carboxylic acids is 1. The van der Waals surface area contributed by atoms with Crippen molar-refractivity contribution in [1.82, 2.24) is 10.6 Å². The van der Waals surface area contributed by atoms with E-state index in [-0.39, 0.29) is 5.91 Å². The van der Waals surface area contributed by atoms with Crippen LogP contribution < -0.4 is 10.6 Å². The van der Waals surface area contributed by atoms with Crippen molar-refractivity contribution in [2.75, 3.05) is 26.3 Å². The van der Waals surface area contributed by atoms with E-state index in [1.54, 1.807) is 0 Å². The fraction of sp³-hybridized carbons (Fsp3) is 0.909. The molecule has 0 bridgehead atoms. The van der Waals surface area contributed by atoms with Crippen LogP contribution in [-0.2, 0) is 9.53 Å². The van der Waals surface area contributed by atoms with Crippen molar-refractivity contribution in [1.29, 1.82) is 0 Å². The van der Waals surface area contributed by atoms with Gasteiger partial charge in [-0.25, -0.2) is 0 Å². The average Bonchev–Trinajstić information content (AvgIpc) is 2.21. The van der Waals surface area contributed by atoms with Gasteiger partial charge in [-0.05, 0) is 13.0 Å². The second-order valence-electron chi connectivity index (χ2n) is 3.78. The molecule has 0 radical (unpaired) electrons. The largest absolute Gasteiger partial charge is 0.380 e. The standard InChI is InChI=1S/C11H24N2O2/c1-4-11(14)13-7-9-15-8-5-6-12-10(2)3/h10,12H,4-9H2,1-3H3,(H,13,14). The molecule has 0 aliphatic carbocycles. The van der Waals surface area contributed by atoms with Crippen LogP contribution >= 0.6 is 0 Å². The summed E-state index contributed by atoms with van der Waals surface area (Å²) in [4.78, 5) is 10.8. The molecule has 0 rings (SSSR count). The molecule has 0 saturated carbocycles. The molecule has 1 amide bonds. The van der Waals surface area contributed by atoms with E-state index >= 15 is 0 Å². The number of amides is 1. The first-order chi connectivity index (χ1) is 7.16. The zero-order valence-electron chi connectivity index (χ0n) is 10.1. The molecule has 4 heteroatoms. The number of hydrogen-bond acceptors (Lipinski definition) is 3. The lowest BCUT2D eigenvalue weighted by molar-refractivity contribution is -0.121. The van der Waals surface area contributed by atoms with Gasteiger partial charge in [-0.1, -0.05) is 20.8 Å². The Balaban J connectivity index is 3.02. The Hall–Kier alpha value is -0.610. The summed E-state index contributed by atoms with van der Waals surface area (Å²) in [6.45, 7) is 9.05. The average molecular weight is 216 g/mol. The minimum Gasteiger partial charge on any atom is -0.380 e. The number of carbonyl (C=O) groups is 1. The van der Waals surface area contributed by atoms with Crippen LogP contribution in [0, 0.1) is 0 Å². The Morgan fingerprint density at radius 2 is 2.00 bits per heavy atom. The van der Waals surface area contributed by atoms with Crippen molar-refractivity contribution < 1.29 is 9.53 Å². The van der Waals surface area contributed by atoms with Crippen molar-refractivity contribution in [3.63, 3.8) is 0 Å². The summed E-state index contributed by atoms with van der Waals surface area (Å²) in [7, 11) is 0. The SMILES string of the molecule is CCC(=O)NCCOCCCNC(C)C. The molecule has 15 heavy (non-hydrogen) atoms. The minimum absolute atomic E-state index is 0.0834. The van der Waals surface area contributed by atoms with E-state index in [2.05, 4.69) is 24.5 Å². The van der Waals surface area contributed by atoms with Crippen LogP contribution in [0.4, 0.5) is 0 Å². The molecule has 0 aromatic rings. The van der Waals surface area contributed by atoms with Crippen molar-refractivity contribution >= 4 is 5.91 Å². The Morgan fingerprint density at radius 1 is 1.27 bits per heavy atom. The van der Waals surface area contributed by atoms with Gasteiger partial charge in [0.05, 0.1) is 6.61 Å². The van der Waals surface area contributed by atoms with Gasteiger partial charge < -0.3 is 15.4 Å². The Labute approximate surface area is 92.8 Å². The number of ether oxygens (including phenoxy) is 1. The lowest BCUT2D eigenvalue weighted by atomic mass is 10.3. The van der Waals surface area contributed by atoms with E-state index in [0.717, 1.165) is 19.6 Å². The molecule has 0 unspecified atom stereocenters. The Kier molecular flexibility index (Phi) is 9.52. The highest BCUT2D eigenvalue weighted by atomic mass is 16.5. The van der Waals surface area contributed by atoms with Gasteiger partial charge in [-0.3, -0.25) is 4.79 Å². The second-order valence-corrected chi connectivity index (χ2v) is 3.78. The summed E-state index contributed by atoms with van der Waals surface area (Å²) in [5, 5.41) is 6.08. The topological polar surface area (TPSA) is 50.4 Å². The van der Waals surface area contributed by atoms with Gasteiger partial charge in [0, 0.05) is 25.6 Å². The van der Waals surface area contributed by atoms with Crippen molar-refractivity contribution in [3.05, 3.63) is 0 Å². The van der Waals surface area contributed by atoms with Gasteiger partial charge in [-0.2, -0.15) is 0 Å². The molecule has 0 fully saturated rings. The van der Waals surface area contributed by atoms with E-state index in [1.807, 2.05) is 6.92 Å². The highest BCUT2D eigenvalue weighted by molar-refractivity contribution is 5.75. The van der Waals surface area contributed by atoms with Gasteiger partial charge in [-0.15, -0.1) is 0 Å². The first-order valence-electron chi connectivity index (χ1n) is 5.74. The molecule has 0 aromatic carbocycles. The minimum atomic E-state index is 0.0834. The lowest BCUT2D eigenvalue weighted by Gasteiger charge is -2.08. The van der Waals surface area contributed by atoms with Crippen molar-refractivity contribution in [2.24, 2.45) is 0 Å². The van der Waals surface area contributed by atoms with Gasteiger partial charge in [0.1, 0.15) is 0 Å². The summed E-state index contributed by atoms with van der Waals surface area (Å²) in [6.07, 6.45) is 1.55. The van der Waals surface area contributed by atoms with Gasteiger partial charge in [0.25, 0.3) is 0 Å². The summed E-state index contributed by atoms with van der Waals surface area (Å²) in [5.74, 6) is 0.0834. The molecule has 0 aromatic heterocycles. The summed E-state index contributed by atoms with van der Waals surface area (Å²) in [6, 6.07) is 0.536. The maximum atomic E-state index is 10.8. The van der Waals surface area contributed by atoms with Crippen LogP contribution in [0.1, 0.15) is 33.6 Å². The smallest absolute Gasteiger partial charge is 0.219 e. The van der Waals surface area contributed by atoms with Crippen LogP contribution in [0.25, 0.3) is 0 Å². The van der Waals surface area contributed by atoms with Crippen molar-refractivity contribution in [2.45, 2.75) is 39.7 Å². The van der Waals surface area contributed by atoms with Crippen LogP contribution in [0.2, 0.25) is 0 Å². The highest BCUT2D eigenvalue weighted by Crippen LogP contribution is 1.83. The van der Waals surface area contributed by atoms with Crippen LogP contribution in [0.5, 0.6) is 0 Å². The predicted molar refractivity (Wildman–Crippen MR) is 61.9 cm³/mol. The first-order valence-corrected chi connectivity index (χ1v) is 5.74. The number of hydrogen-bond donors (Lipinski definition) is 2. The van der Waals surface area contributed by atoms with Crippen LogP contribution in [0.3, 0.4) is 0 Å². The van der Waals surface area contributed by atoms with Gasteiger partial charge in [0.2, 0.25) is 5.91 Å². The lowest BCUT2D eigenvalue weighted by Crippen LogP contribution is -2.27. The molecule has 0 heterocycles. The summed E-state index contributed by atoms with van der Waals surface area (Å²) >= 11 is 0. The molecular formula is C11H24N2O2. The third kappa shape index (κ3) is 11.3. The number of rotatable bonds is 9. The quantitative estimate of drug-likeness (QED) is 0.563. The fourth-order valence-corrected chi connectivity index (χ4v) is 1.05. The zero-order chi connectivity index (χ0) is 11.5. The van der Waals surface area contributed by atoms with E-state index in [0.29, 0.717) is 25.6 Å². The molecule has 2 N–H and O–H groups in total. The Bertz CT molecular complexity index is 161. The van der Waals surface area contributed by atoms with E-state index in [1.165, 1.54) is 0 Å². The molecule has 90 valence electrons. The normalized spacial score (nSPS) is 10.7. The number of nitrogens with one attached hydrogen (secondary N) is 2. The third-order valence-electron chi connectivity index (χ3n) is 1.91. The van der Waals surface area contributed by atoms with Gasteiger partial charge >= 0.3 is 0 Å². The maximum absolute atomic E-state index is 10.8. The van der Waals surface area contributed by atoms with E-state index in [4.69, 9.17) is 4.74 Å². The first kappa shape index (κ1) is 14.4. The zero-order valence-corrected chi connectivity index (χ0v) is 10.1. The molecule has 0 aliphatic heterocycles. The summed E-state index contributed by atoms with van der Waals surface area (Å²) in [5.41, 5.74) is 0. The second kappa shape index (κ2) is 9.93. The predicted octanol–water partition coefficient (Wildman–Crippen LogP) is 0.917. The van der Waals surface area contributed by atoms with Crippen LogP contribution in [-0.4, -0.2) is 38.3 Å². The highest BCUT2D eigenvalue weighted by Gasteiger charge is 1.95. The molecule has 0 aliphatic rings. The molecule has 0 saturated heterocycles. The van der Waals surface area contributed by atoms with Crippen molar-refractivity contribution in [3.8, 4) is 0 Å². The fourth-order valence-electron chi connectivity index (χ4n) is 1.05. The maximum Gasteiger partial charge on any atom is 0.219 e. The Morgan fingerprint density at radius 3 is 2.60 bits per heavy atom. The molecule has 0 spiro atoms. The summed E-state index contributed by atoms with van der Waals surface area (Å²) < 4.78 is 5.36. The monoisotopic (exact) mass is 216 g/mol. The van der Waals surface area contributed by atoms with E-state index in [9.17, 15) is 4.79 Å². The molecular weight excluding hydrogens is 192 g/mol. The van der Waals surface area contributed by atoms with Gasteiger partial charge in [0.15, 0.2) is 0 Å². The molecule has 0 atom stereocenters. The van der Waals surface area contributed by atoms with Crippen LogP contribution in [0.15, 0.2) is 0 Å². The van der Waals surface area contributed by atoms with E-state index < -0.39 is 0 Å². The molecule has 4 nitrogen and oxygen atoms in total.